The first kappa shape index (κ1) is 13.4. The minimum atomic E-state index is -0.367. The maximum absolute atomic E-state index is 11.5. The quantitative estimate of drug-likeness (QED) is 0.688. The van der Waals surface area contributed by atoms with Crippen LogP contribution < -0.4 is 5.73 Å². The molecule has 1 heterocycles. The highest BCUT2D eigenvalue weighted by Gasteiger charge is 2.11. The molecule has 0 aliphatic heterocycles. The van der Waals surface area contributed by atoms with Crippen LogP contribution in [0.2, 0.25) is 0 Å². The second-order valence-electron chi connectivity index (χ2n) is 3.95. The summed E-state index contributed by atoms with van der Waals surface area (Å²) in [6, 6.07) is 11.1. The van der Waals surface area contributed by atoms with E-state index in [0.29, 0.717) is 11.3 Å². The Morgan fingerprint density at radius 1 is 1.21 bits per heavy atom. The number of aryl methyl sites for hydroxylation is 1. The molecule has 2 aromatic rings. The molecule has 4 nitrogen and oxygen atoms in total. The first-order chi connectivity index (χ1) is 9.10. The largest absolute Gasteiger partial charge is 0.465 e. The first-order valence-electron chi connectivity index (χ1n) is 5.69. The number of nitrogen functional groups attached to an aromatic ring is 1. The number of pyridine rings is 1. The molecule has 0 radical (unpaired) electrons. The third kappa shape index (κ3) is 3.26. The van der Waals surface area contributed by atoms with Crippen molar-refractivity contribution < 1.29 is 9.53 Å². The number of nitrogens with zero attached hydrogens (tertiary/aromatic N) is 1. The fourth-order valence-corrected chi connectivity index (χ4v) is 2.41. The fourth-order valence-electron chi connectivity index (χ4n) is 1.58. The van der Waals surface area contributed by atoms with E-state index in [1.54, 1.807) is 19.1 Å². The van der Waals surface area contributed by atoms with Crippen LogP contribution in [0.3, 0.4) is 0 Å². The molecule has 1 aromatic carbocycles. The molecule has 0 atom stereocenters. The van der Waals surface area contributed by atoms with Gasteiger partial charge in [0, 0.05) is 10.6 Å². The van der Waals surface area contributed by atoms with Gasteiger partial charge in [0.1, 0.15) is 5.03 Å². The topological polar surface area (TPSA) is 65.2 Å². The highest BCUT2D eigenvalue weighted by Crippen LogP contribution is 2.27. The van der Waals surface area contributed by atoms with Crippen LogP contribution in [-0.2, 0) is 4.74 Å². The van der Waals surface area contributed by atoms with Crippen LogP contribution in [0.1, 0.15) is 16.1 Å². The van der Waals surface area contributed by atoms with Gasteiger partial charge in [-0.3, -0.25) is 0 Å². The lowest BCUT2D eigenvalue weighted by Crippen LogP contribution is -2.05. The van der Waals surface area contributed by atoms with Crippen molar-refractivity contribution in [1.29, 1.82) is 0 Å². The number of hydrogen-bond donors (Lipinski definition) is 1. The van der Waals surface area contributed by atoms with E-state index < -0.39 is 0 Å². The fraction of sp³-hybridized carbons (Fsp3) is 0.143. The highest BCUT2D eigenvalue weighted by molar-refractivity contribution is 7.99. The maximum Gasteiger partial charge on any atom is 0.339 e. The number of ether oxygens (including phenoxy) is 1. The lowest BCUT2D eigenvalue weighted by atomic mass is 10.2. The van der Waals surface area contributed by atoms with E-state index in [2.05, 4.69) is 9.72 Å². The SMILES string of the molecule is COC(=O)c1ccc(Sc2ccc(N)cc2)nc1C. The smallest absolute Gasteiger partial charge is 0.339 e. The molecule has 0 aliphatic carbocycles. The molecule has 0 spiro atoms. The van der Waals surface area contributed by atoms with Gasteiger partial charge in [0.25, 0.3) is 0 Å². The number of anilines is 1. The number of rotatable bonds is 3. The van der Waals surface area contributed by atoms with Crippen LogP contribution in [0, 0.1) is 6.92 Å². The van der Waals surface area contributed by atoms with E-state index in [4.69, 9.17) is 5.73 Å². The van der Waals surface area contributed by atoms with Crippen molar-refractivity contribution in [2.24, 2.45) is 0 Å². The molecule has 0 saturated heterocycles. The third-order valence-electron chi connectivity index (χ3n) is 2.57. The predicted octanol–water partition coefficient (Wildman–Crippen LogP) is 2.91. The predicted molar refractivity (Wildman–Crippen MR) is 75.3 cm³/mol. The summed E-state index contributed by atoms with van der Waals surface area (Å²) in [6.07, 6.45) is 0. The molecule has 0 unspecified atom stereocenters. The zero-order valence-corrected chi connectivity index (χ0v) is 11.5. The van der Waals surface area contributed by atoms with Crippen molar-refractivity contribution in [3.63, 3.8) is 0 Å². The summed E-state index contributed by atoms with van der Waals surface area (Å²) in [7, 11) is 1.36. The van der Waals surface area contributed by atoms with Gasteiger partial charge in [0.05, 0.1) is 18.4 Å². The molecule has 2 rings (SSSR count). The normalized spacial score (nSPS) is 10.2. The van der Waals surface area contributed by atoms with Crippen molar-refractivity contribution in [1.82, 2.24) is 4.98 Å². The van der Waals surface area contributed by atoms with Gasteiger partial charge in [0.15, 0.2) is 0 Å². The Bertz CT molecular complexity index is 597. The van der Waals surface area contributed by atoms with E-state index in [9.17, 15) is 4.79 Å². The van der Waals surface area contributed by atoms with Crippen LogP contribution in [0.4, 0.5) is 5.69 Å². The average molecular weight is 274 g/mol. The Kier molecular flexibility index (Phi) is 4.06. The van der Waals surface area contributed by atoms with Crippen LogP contribution in [0.15, 0.2) is 46.3 Å². The molecule has 98 valence electrons. The molecular formula is C14H14N2O2S. The summed E-state index contributed by atoms with van der Waals surface area (Å²) >= 11 is 1.52. The van der Waals surface area contributed by atoms with Gasteiger partial charge >= 0.3 is 5.97 Å². The van der Waals surface area contributed by atoms with E-state index in [-0.39, 0.29) is 5.97 Å². The van der Waals surface area contributed by atoms with E-state index in [1.165, 1.54) is 18.9 Å². The van der Waals surface area contributed by atoms with Crippen LogP contribution in [-0.4, -0.2) is 18.1 Å². The van der Waals surface area contributed by atoms with Crippen molar-refractivity contribution in [2.75, 3.05) is 12.8 Å². The monoisotopic (exact) mass is 274 g/mol. The average Bonchev–Trinajstić information content (AvgIpc) is 2.41. The lowest BCUT2D eigenvalue weighted by molar-refractivity contribution is 0.0599. The summed E-state index contributed by atoms with van der Waals surface area (Å²) in [5.41, 5.74) is 7.52. The summed E-state index contributed by atoms with van der Waals surface area (Å²) in [4.78, 5) is 16.9. The number of methoxy groups -OCH3 is 1. The molecule has 0 bridgehead atoms. The van der Waals surface area contributed by atoms with Gasteiger partial charge in [-0.1, -0.05) is 11.8 Å². The molecule has 19 heavy (non-hydrogen) atoms. The molecule has 1 aromatic heterocycles. The van der Waals surface area contributed by atoms with Crippen molar-refractivity contribution in [3.8, 4) is 0 Å². The second-order valence-corrected chi connectivity index (χ2v) is 5.04. The van der Waals surface area contributed by atoms with Crippen LogP contribution in [0.25, 0.3) is 0 Å². The minimum Gasteiger partial charge on any atom is -0.465 e. The summed E-state index contributed by atoms with van der Waals surface area (Å²) < 4.78 is 4.69. The number of nitrogens with two attached hydrogens (primary N) is 1. The third-order valence-corrected chi connectivity index (χ3v) is 3.51. The molecule has 0 aliphatic rings. The van der Waals surface area contributed by atoms with Crippen LogP contribution >= 0.6 is 11.8 Å². The second kappa shape index (κ2) is 5.75. The molecule has 2 N–H and O–H groups in total. The van der Waals surface area contributed by atoms with Crippen molar-refractivity contribution in [3.05, 3.63) is 47.7 Å². The van der Waals surface area contributed by atoms with Crippen molar-refractivity contribution >= 4 is 23.4 Å². The van der Waals surface area contributed by atoms with Gasteiger partial charge in [-0.2, -0.15) is 0 Å². The van der Waals surface area contributed by atoms with Gasteiger partial charge in [-0.15, -0.1) is 0 Å². The van der Waals surface area contributed by atoms with E-state index in [1.807, 2.05) is 24.3 Å². The van der Waals surface area contributed by atoms with Gasteiger partial charge in [0.2, 0.25) is 0 Å². The molecule has 0 amide bonds. The molecular weight excluding hydrogens is 260 g/mol. The lowest BCUT2D eigenvalue weighted by Gasteiger charge is -2.06. The Labute approximate surface area is 116 Å². The van der Waals surface area contributed by atoms with E-state index >= 15 is 0 Å². The number of benzene rings is 1. The first-order valence-corrected chi connectivity index (χ1v) is 6.51. The van der Waals surface area contributed by atoms with Gasteiger partial charge in [-0.05, 0) is 43.3 Å². The molecule has 0 fully saturated rings. The minimum absolute atomic E-state index is 0.367. The zero-order valence-electron chi connectivity index (χ0n) is 10.7. The Morgan fingerprint density at radius 3 is 2.47 bits per heavy atom. The van der Waals surface area contributed by atoms with Gasteiger partial charge in [-0.25, -0.2) is 9.78 Å². The van der Waals surface area contributed by atoms with Crippen LogP contribution in [0.5, 0.6) is 0 Å². The highest BCUT2D eigenvalue weighted by atomic mass is 32.2. The Hall–Kier alpha value is -2.01. The standard InChI is InChI=1S/C14H14N2O2S/c1-9-12(14(17)18-2)7-8-13(16-9)19-11-5-3-10(15)4-6-11/h3-8H,15H2,1-2H3. The molecule has 0 saturated carbocycles. The van der Waals surface area contributed by atoms with Crippen molar-refractivity contribution in [2.45, 2.75) is 16.8 Å². The Morgan fingerprint density at radius 2 is 1.89 bits per heavy atom. The number of carbonyl (C=O) groups is 1. The molecule has 5 heteroatoms. The zero-order chi connectivity index (χ0) is 13.8. The number of carbonyl (C=O) groups excluding carboxylic acids is 1. The number of esters is 1. The number of aromatic nitrogens is 1. The Balaban J connectivity index is 2.20. The van der Waals surface area contributed by atoms with E-state index in [0.717, 1.165) is 15.6 Å². The number of hydrogen-bond acceptors (Lipinski definition) is 5. The summed E-state index contributed by atoms with van der Waals surface area (Å²) in [6.45, 7) is 1.79. The summed E-state index contributed by atoms with van der Waals surface area (Å²) in [5, 5.41) is 0.829. The summed E-state index contributed by atoms with van der Waals surface area (Å²) in [5.74, 6) is -0.367. The van der Waals surface area contributed by atoms with Gasteiger partial charge < -0.3 is 10.5 Å². The maximum atomic E-state index is 11.5.